The van der Waals surface area contributed by atoms with Crippen LogP contribution >= 0.6 is 11.3 Å². The maximum absolute atomic E-state index is 11.6. The van der Waals surface area contributed by atoms with Gasteiger partial charge in [0.25, 0.3) is 0 Å². The van der Waals surface area contributed by atoms with E-state index in [1.165, 1.54) is 18.4 Å². The number of nitrogens with two attached hydrogens (primary N) is 1. The summed E-state index contributed by atoms with van der Waals surface area (Å²) in [7, 11) is 1.34. The van der Waals surface area contributed by atoms with Gasteiger partial charge in [0.05, 0.1) is 12.8 Å². The van der Waals surface area contributed by atoms with Gasteiger partial charge in [-0.1, -0.05) is 18.2 Å². The summed E-state index contributed by atoms with van der Waals surface area (Å²) in [5.74, 6) is 1.12. The number of carbonyl (C=O) groups excluding carboxylic acids is 1. The Bertz CT molecular complexity index is 810. The van der Waals surface area contributed by atoms with Crippen molar-refractivity contribution >= 4 is 23.0 Å². The van der Waals surface area contributed by atoms with Gasteiger partial charge in [-0.05, 0) is 48.0 Å². The van der Waals surface area contributed by atoms with Crippen molar-refractivity contribution < 1.29 is 14.3 Å². The highest BCUT2D eigenvalue weighted by atomic mass is 32.1. The molecule has 0 radical (unpaired) electrons. The second-order valence-electron chi connectivity index (χ2n) is 4.83. The van der Waals surface area contributed by atoms with Crippen molar-refractivity contribution in [3.05, 3.63) is 65.5 Å². The van der Waals surface area contributed by atoms with Crippen molar-refractivity contribution in [2.24, 2.45) is 0 Å². The molecule has 3 aromatic rings. The number of methoxy groups -OCH3 is 1. The van der Waals surface area contributed by atoms with Gasteiger partial charge in [0, 0.05) is 4.88 Å². The van der Waals surface area contributed by atoms with Gasteiger partial charge in [-0.15, -0.1) is 11.3 Å². The highest BCUT2D eigenvalue weighted by Gasteiger charge is 2.15. The Labute approximate surface area is 138 Å². The molecule has 0 spiro atoms. The van der Waals surface area contributed by atoms with E-state index in [-0.39, 0.29) is 0 Å². The van der Waals surface area contributed by atoms with Crippen molar-refractivity contribution in [2.75, 3.05) is 12.8 Å². The SMILES string of the molecule is COC(=O)c1sc(-c2ccc(Oc3ccccc3)cc2)cc1N. The first-order valence-corrected chi connectivity index (χ1v) is 7.80. The van der Waals surface area contributed by atoms with Gasteiger partial charge in [-0.25, -0.2) is 4.79 Å². The summed E-state index contributed by atoms with van der Waals surface area (Å²) in [6.07, 6.45) is 0. The fraction of sp³-hybridized carbons (Fsp3) is 0.0556. The Balaban J connectivity index is 1.81. The van der Waals surface area contributed by atoms with E-state index in [1.807, 2.05) is 54.6 Å². The predicted molar refractivity (Wildman–Crippen MR) is 92.0 cm³/mol. The minimum atomic E-state index is -0.414. The molecule has 4 nitrogen and oxygen atoms in total. The fourth-order valence-corrected chi connectivity index (χ4v) is 3.11. The zero-order chi connectivity index (χ0) is 16.2. The largest absolute Gasteiger partial charge is 0.465 e. The average molecular weight is 325 g/mol. The molecular weight excluding hydrogens is 310 g/mol. The maximum atomic E-state index is 11.6. The van der Waals surface area contributed by atoms with Gasteiger partial charge < -0.3 is 15.2 Å². The molecule has 0 amide bonds. The molecule has 0 aliphatic rings. The van der Waals surface area contributed by atoms with E-state index in [9.17, 15) is 4.79 Å². The van der Waals surface area contributed by atoms with Crippen LogP contribution in [-0.4, -0.2) is 13.1 Å². The van der Waals surface area contributed by atoms with Gasteiger partial charge in [-0.2, -0.15) is 0 Å². The number of nitrogen functional groups attached to an aromatic ring is 1. The number of para-hydroxylation sites is 1. The van der Waals surface area contributed by atoms with Crippen molar-refractivity contribution in [1.29, 1.82) is 0 Å². The molecule has 23 heavy (non-hydrogen) atoms. The molecule has 0 aliphatic carbocycles. The summed E-state index contributed by atoms with van der Waals surface area (Å²) >= 11 is 1.31. The van der Waals surface area contributed by atoms with Crippen LogP contribution in [0.25, 0.3) is 10.4 Å². The van der Waals surface area contributed by atoms with Crippen molar-refractivity contribution in [1.82, 2.24) is 0 Å². The minimum Gasteiger partial charge on any atom is -0.465 e. The molecule has 2 N–H and O–H groups in total. The lowest BCUT2D eigenvalue weighted by molar-refractivity contribution is 0.0607. The Hall–Kier alpha value is -2.79. The minimum absolute atomic E-state index is 0.414. The van der Waals surface area contributed by atoms with E-state index in [0.717, 1.165) is 21.9 Å². The number of ether oxygens (including phenoxy) is 2. The van der Waals surface area contributed by atoms with Crippen molar-refractivity contribution in [3.8, 4) is 21.9 Å². The molecule has 1 heterocycles. The molecule has 2 aromatic carbocycles. The van der Waals surface area contributed by atoms with Crippen molar-refractivity contribution in [2.45, 2.75) is 0 Å². The zero-order valence-corrected chi connectivity index (χ0v) is 13.3. The second-order valence-corrected chi connectivity index (χ2v) is 5.88. The van der Waals surface area contributed by atoms with Crippen LogP contribution in [0.3, 0.4) is 0 Å². The Kier molecular flexibility index (Phi) is 4.30. The fourth-order valence-electron chi connectivity index (χ4n) is 2.11. The number of rotatable bonds is 4. The Morgan fingerprint density at radius 2 is 1.65 bits per heavy atom. The first kappa shape index (κ1) is 15.1. The van der Waals surface area contributed by atoms with Crippen LogP contribution in [-0.2, 0) is 4.74 Å². The molecule has 0 saturated carbocycles. The molecular formula is C18H15NO3S. The van der Waals surface area contributed by atoms with E-state index in [2.05, 4.69) is 0 Å². The number of hydrogen-bond donors (Lipinski definition) is 1. The summed E-state index contributed by atoms with van der Waals surface area (Å²) in [5, 5.41) is 0. The van der Waals surface area contributed by atoms with Crippen LogP contribution in [0.2, 0.25) is 0 Å². The average Bonchev–Trinajstić information content (AvgIpc) is 2.97. The highest BCUT2D eigenvalue weighted by Crippen LogP contribution is 2.34. The molecule has 0 unspecified atom stereocenters. The van der Waals surface area contributed by atoms with Crippen LogP contribution in [0.1, 0.15) is 9.67 Å². The van der Waals surface area contributed by atoms with E-state index >= 15 is 0 Å². The Morgan fingerprint density at radius 1 is 1.00 bits per heavy atom. The molecule has 116 valence electrons. The molecule has 0 fully saturated rings. The van der Waals surface area contributed by atoms with Crippen LogP contribution in [0.5, 0.6) is 11.5 Å². The third-order valence-electron chi connectivity index (χ3n) is 3.25. The summed E-state index contributed by atoms with van der Waals surface area (Å²) in [4.78, 5) is 13.0. The van der Waals surface area contributed by atoms with Gasteiger partial charge in [0.2, 0.25) is 0 Å². The molecule has 1 aromatic heterocycles. The normalized spacial score (nSPS) is 10.3. The van der Waals surface area contributed by atoms with E-state index < -0.39 is 5.97 Å². The lowest BCUT2D eigenvalue weighted by Crippen LogP contribution is -2.00. The van der Waals surface area contributed by atoms with Crippen LogP contribution < -0.4 is 10.5 Å². The number of thiophene rings is 1. The molecule has 0 atom stereocenters. The van der Waals surface area contributed by atoms with Crippen LogP contribution in [0.4, 0.5) is 5.69 Å². The molecule has 3 rings (SSSR count). The lowest BCUT2D eigenvalue weighted by Gasteiger charge is -2.06. The van der Waals surface area contributed by atoms with Gasteiger partial charge >= 0.3 is 5.97 Å². The lowest BCUT2D eigenvalue weighted by atomic mass is 10.2. The van der Waals surface area contributed by atoms with Gasteiger partial charge in [0.1, 0.15) is 16.4 Å². The quantitative estimate of drug-likeness (QED) is 0.713. The molecule has 0 aliphatic heterocycles. The number of benzene rings is 2. The van der Waals surface area contributed by atoms with Gasteiger partial charge in [0.15, 0.2) is 0 Å². The number of anilines is 1. The van der Waals surface area contributed by atoms with Gasteiger partial charge in [-0.3, -0.25) is 0 Å². The first-order chi connectivity index (χ1) is 11.2. The van der Waals surface area contributed by atoms with Crippen molar-refractivity contribution in [3.63, 3.8) is 0 Å². The maximum Gasteiger partial charge on any atom is 0.350 e. The predicted octanol–water partition coefficient (Wildman–Crippen LogP) is 4.58. The third kappa shape index (κ3) is 3.35. The van der Waals surface area contributed by atoms with Crippen LogP contribution in [0, 0.1) is 0 Å². The molecule has 0 bridgehead atoms. The third-order valence-corrected chi connectivity index (χ3v) is 4.43. The second kappa shape index (κ2) is 6.54. The highest BCUT2D eigenvalue weighted by molar-refractivity contribution is 7.18. The molecule has 5 heteroatoms. The summed E-state index contributed by atoms with van der Waals surface area (Å²) in [5.41, 5.74) is 7.27. The zero-order valence-electron chi connectivity index (χ0n) is 12.5. The number of hydrogen-bond acceptors (Lipinski definition) is 5. The summed E-state index contributed by atoms with van der Waals surface area (Å²) in [6, 6.07) is 19.0. The monoisotopic (exact) mass is 325 g/mol. The van der Waals surface area contributed by atoms with E-state index in [1.54, 1.807) is 6.07 Å². The first-order valence-electron chi connectivity index (χ1n) is 6.98. The summed E-state index contributed by atoms with van der Waals surface area (Å²) in [6.45, 7) is 0. The standard InChI is InChI=1S/C18H15NO3S/c1-21-18(20)17-15(19)11-16(23-17)12-7-9-14(10-8-12)22-13-5-3-2-4-6-13/h2-11H,19H2,1H3. The Morgan fingerprint density at radius 3 is 2.30 bits per heavy atom. The summed E-state index contributed by atoms with van der Waals surface area (Å²) < 4.78 is 10.5. The van der Waals surface area contributed by atoms with Crippen LogP contribution in [0.15, 0.2) is 60.7 Å². The van der Waals surface area contributed by atoms with E-state index in [0.29, 0.717) is 10.6 Å². The number of esters is 1. The van der Waals surface area contributed by atoms with E-state index in [4.69, 9.17) is 15.2 Å². The smallest absolute Gasteiger partial charge is 0.350 e. The number of carbonyl (C=O) groups is 1. The topological polar surface area (TPSA) is 61.5 Å². The molecule has 0 saturated heterocycles.